The second-order valence-electron chi connectivity index (χ2n) is 4.09. The molecule has 0 spiro atoms. The first-order valence-electron chi connectivity index (χ1n) is 5.59. The highest BCUT2D eigenvalue weighted by molar-refractivity contribution is 7.84. The summed E-state index contributed by atoms with van der Waals surface area (Å²) in [7, 11) is -0.779. The summed E-state index contributed by atoms with van der Waals surface area (Å²) in [5.41, 5.74) is 0.677. The van der Waals surface area contributed by atoms with Crippen molar-refractivity contribution in [2.75, 3.05) is 18.6 Å². The summed E-state index contributed by atoms with van der Waals surface area (Å²) in [5, 5.41) is 3.68. The van der Waals surface area contributed by atoms with Crippen LogP contribution in [0.4, 0.5) is 4.39 Å². The standard InChI is InChI=1S/C12H16Cl2FNOS/c1-8(16-4-3-5-18(2)17)9-6-12(15)11(14)7-10(9)13/h6-8,16H,3-5H2,1-2H3. The van der Waals surface area contributed by atoms with Crippen LogP contribution in [0.2, 0.25) is 10.0 Å². The van der Waals surface area contributed by atoms with Crippen molar-refractivity contribution in [2.24, 2.45) is 0 Å². The summed E-state index contributed by atoms with van der Waals surface area (Å²) in [6.45, 7) is 2.61. The van der Waals surface area contributed by atoms with Crippen molar-refractivity contribution in [2.45, 2.75) is 19.4 Å². The lowest BCUT2D eigenvalue weighted by molar-refractivity contribution is 0.562. The molecule has 2 nitrogen and oxygen atoms in total. The third kappa shape index (κ3) is 4.84. The van der Waals surface area contributed by atoms with Gasteiger partial charge in [-0.05, 0) is 37.6 Å². The van der Waals surface area contributed by atoms with Gasteiger partial charge in [0, 0.05) is 33.9 Å². The topological polar surface area (TPSA) is 29.1 Å². The van der Waals surface area contributed by atoms with Crippen LogP contribution in [0.3, 0.4) is 0 Å². The highest BCUT2D eigenvalue weighted by Gasteiger charge is 2.12. The molecule has 0 aliphatic rings. The molecule has 6 heteroatoms. The second-order valence-corrected chi connectivity index (χ2v) is 6.46. The number of nitrogens with one attached hydrogen (secondary N) is 1. The maximum Gasteiger partial charge on any atom is 0.142 e. The minimum Gasteiger partial charge on any atom is -0.310 e. The molecule has 0 aliphatic carbocycles. The van der Waals surface area contributed by atoms with Gasteiger partial charge in [-0.3, -0.25) is 4.21 Å². The van der Waals surface area contributed by atoms with Gasteiger partial charge in [0.15, 0.2) is 0 Å². The molecule has 0 aromatic heterocycles. The van der Waals surface area contributed by atoms with Crippen molar-refractivity contribution >= 4 is 34.0 Å². The number of hydrogen-bond donors (Lipinski definition) is 1. The van der Waals surface area contributed by atoms with Gasteiger partial charge in [0.2, 0.25) is 0 Å². The van der Waals surface area contributed by atoms with E-state index in [2.05, 4.69) is 5.32 Å². The fourth-order valence-corrected chi connectivity index (χ4v) is 2.67. The summed E-state index contributed by atoms with van der Waals surface area (Å²) in [5.74, 6) is 0.182. The Kier molecular flexibility index (Phi) is 6.57. The fourth-order valence-electron chi connectivity index (χ4n) is 1.57. The van der Waals surface area contributed by atoms with Crippen LogP contribution in [0.1, 0.15) is 24.9 Å². The summed E-state index contributed by atoms with van der Waals surface area (Å²) in [6.07, 6.45) is 2.48. The summed E-state index contributed by atoms with van der Waals surface area (Å²) < 4.78 is 24.2. The lowest BCUT2D eigenvalue weighted by Gasteiger charge is -2.16. The lowest BCUT2D eigenvalue weighted by atomic mass is 10.1. The van der Waals surface area contributed by atoms with E-state index in [0.717, 1.165) is 6.42 Å². The van der Waals surface area contributed by atoms with E-state index in [-0.39, 0.29) is 11.1 Å². The summed E-state index contributed by atoms with van der Waals surface area (Å²) in [4.78, 5) is 0. The Balaban J connectivity index is 2.58. The maximum absolute atomic E-state index is 13.4. The van der Waals surface area contributed by atoms with E-state index in [4.69, 9.17) is 23.2 Å². The normalized spacial score (nSPS) is 14.5. The number of rotatable bonds is 6. The Labute approximate surface area is 119 Å². The average molecular weight is 312 g/mol. The van der Waals surface area contributed by atoms with Gasteiger partial charge in [-0.2, -0.15) is 0 Å². The first-order chi connectivity index (χ1) is 8.41. The second kappa shape index (κ2) is 7.43. The summed E-state index contributed by atoms with van der Waals surface area (Å²) >= 11 is 11.7. The lowest BCUT2D eigenvalue weighted by Crippen LogP contribution is -2.21. The van der Waals surface area contributed by atoms with Crippen LogP contribution >= 0.6 is 23.2 Å². The summed E-state index contributed by atoms with van der Waals surface area (Å²) in [6, 6.07) is 2.68. The van der Waals surface area contributed by atoms with E-state index in [1.165, 1.54) is 12.1 Å². The van der Waals surface area contributed by atoms with Crippen molar-refractivity contribution in [1.82, 2.24) is 5.32 Å². The molecule has 0 bridgehead atoms. The molecule has 0 saturated carbocycles. The van der Waals surface area contributed by atoms with Gasteiger partial charge in [0.05, 0.1) is 5.02 Å². The first-order valence-corrected chi connectivity index (χ1v) is 8.08. The average Bonchev–Trinajstić information content (AvgIpc) is 2.28. The number of benzene rings is 1. The Morgan fingerprint density at radius 3 is 2.67 bits per heavy atom. The van der Waals surface area contributed by atoms with E-state index in [1.54, 1.807) is 6.26 Å². The van der Waals surface area contributed by atoms with E-state index in [0.29, 0.717) is 22.9 Å². The predicted molar refractivity (Wildman–Crippen MR) is 76.4 cm³/mol. The maximum atomic E-state index is 13.4. The largest absolute Gasteiger partial charge is 0.310 e. The van der Waals surface area contributed by atoms with E-state index in [9.17, 15) is 8.60 Å². The monoisotopic (exact) mass is 311 g/mol. The van der Waals surface area contributed by atoms with Crippen molar-refractivity contribution in [3.8, 4) is 0 Å². The molecule has 0 amide bonds. The molecule has 0 heterocycles. The van der Waals surface area contributed by atoms with Gasteiger partial charge in [0.25, 0.3) is 0 Å². The Hall–Kier alpha value is -0.160. The van der Waals surface area contributed by atoms with Crippen LogP contribution in [0.15, 0.2) is 12.1 Å². The molecule has 0 radical (unpaired) electrons. The Morgan fingerprint density at radius 1 is 1.39 bits per heavy atom. The van der Waals surface area contributed by atoms with Crippen LogP contribution in [-0.2, 0) is 10.8 Å². The zero-order chi connectivity index (χ0) is 13.7. The predicted octanol–water partition coefficient (Wildman–Crippen LogP) is 3.55. The Morgan fingerprint density at radius 2 is 2.06 bits per heavy atom. The van der Waals surface area contributed by atoms with Crippen molar-refractivity contribution in [1.29, 1.82) is 0 Å². The van der Waals surface area contributed by atoms with Crippen LogP contribution in [0, 0.1) is 5.82 Å². The van der Waals surface area contributed by atoms with Crippen molar-refractivity contribution < 1.29 is 8.60 Å². The molecule has 1 N–H and O–H groups in total. The van der Waals surface area contributed by atoms with Crippen LogP contribution < -0.4 is 5.32 Å². The fraction of sp³-hybridized carbons (Fsp3) is 0.500. The van der Waals surface area contributed by atoms with E-state index >= 15 is 0 Å². The molecule has 1 aromatic carbocycles. The zero-order valence-electron chi connectivity index (χ0n) is 10.3. The van der Waals surface area contributed by atoms with Gasteiger partial charge in [0.1, 0.15) is 5.82 Å². The smallest absolute Gasteiger partial charge is 0.142 e. The number of hydrogen-bond acceptors (Lipinski definition) is 2. The molecule has 1 rings (SSSR count). The van der Waals surface area contributed by atoms with Gasteiger partial charge in [-0.15, -0.1) is 0 Å². The SMILES string of the molecule is CC(NCCCS(C)=O)c1cc(F)c(Cl)cc1Cl. The van der Waals surface area contributed by atoms with Crippen LogP contribution in [0.25, 0.3) is 0 Å². The van der Waals surface area contributed by atoms with Crippen LogP contribution in [-0.4, -0.2) is 22.8 Å². The van der Waals surface area contributed by atoms with Gasteiger partial charge < -0.3 is 5.32 Å². The molecule has 18 heavy (non-hydrogen) atoms. The molecule has 102 valence electrons. The molecule has 1 aromatic rings. The Bertz CT molecular complexity index is 442. The number of halogens is 3. The third-order valence-corrected chi connectivity index (χ3v) is 4.05. The van der Waals surface area contributed by atoms with Gasteiger partial charge in [-0.1, -0.05) is 23.2 Å². The van der Waals surface area contributed by atoms with Crippen molar-refractivity contribution in [3.05, 3.63) is 33.6 Å². The highest BCUT2D eigenvalue weighted by Crippen LogP contribution is 2.28. The van der Waals surface area contributed by atoms with Gasteiger partial charge in [-0.25, -0.2) is 4.39 Å². The molecular weight excluding hydrogens is 296 g/mol. The molecule has 2 unspecified atom stereocenters. The third-order valence-electron chi connectivity index (χ3n) is 2.57. The molecular formula is C12H16Cl2FNOS. The molecule has 2 atom stereocenters. The minimum absolute atomic E-state index is 0.0253. The molecule has 0 saturated heterocycles. The quantitative estimate of drug-likeness (QED) is 0.643. The molecule has 0 fully saturated rings. The highest BCUT2D eigenvalue weighted by atomic mass is 35.5. The van der Waals surface area contributed by atoms with E-state index in [1.807, 2.05) is 6.92 Å². The first kappa shape index (κ1) is 15.9. The van der Waals surface area contributed by atoms with E-state index < -0.39 is 16.6 Å². The van der Waals surface area contributed by atoms with Crippen molar-refractivity contribution in [3.63, 3.8) is 0 Å². The molecule has 0 aliphatic heterocycles. The van der Waals surface area contributed by atoms with Crippen LogP contribution in [0.5, 0.6) is 0 Å². The van der Waals surface area contributed by atoms with Gasteiger partial charge >= 0.3 is 0 Å². The minimum atomic E-state index is -0.779. The zero-order valence-corrected chi connectivity index (χ0v) is 12.6.